The first-order valence-corrected chi connectivity index (χ1v) is 10.4. The number of carbonyl (C=O) groups excluding carboxylic acids is 1. The van der Waals surface area contributed by atoms with Gasteiger partial charge in [0.2, 0.25) is 0 Å². The molecule has 6 saturated carbocycles. The molecule has 6 aliphatic rings. The summed E-state index contributed by atoms with van der Waals surface area (Å²) in [6.45, 7) is 9.85. The van der Waals surface area contributed by atoms with Crippen molar-refractivity contribution in [2.24, 2.45) is 45.3 Å². The second kappa shape index (κ2) is 4.41. The van der Waals surface area contributed by atoms with Gasteiger partial charge in [-0.1, -0.05) is 27.2 Å². The van der Waals surface area contributed by atoms with Crippen molar-refractivity contribution in [2.75, 3.05) is 6.61 Å². The summed E-state index contributed by atoms with van der Waals surface area (Å²) in [4.78, 5) is 11.4. The molecule has 6 aliphatic carbocycles. The van der Waals surface area contributed by atoms with Crippen molar-refractivity contribution in [2.45, 2.75) is 79.1 Å². The third-order valence-electron chi connectivity index (χ3n) is 10.1. The maximum absolute atomic E-state index is 11.4. The van der Waals surface area contributed by atoms with Crippen LogP contribution in [0.2, 0.25) is 0 Å². The molecule has 0 aliphatic heterocycles. The molecule has 0 radical (unpaired) electrons. The predicted molar refractivity (Wildman–Crippen MR) is 94.3 cm³/mol. The summed E-state index contributed by atoms with van der Waals surface area (Å²) in [6.07, 6.45) is 11.4. The summed E-state index contributed by atoms with van der Waals surface area (Å²) in [5.41, 5.74) is 2.10. The lowest BCUT2D eigenvalue weighted by Crippen LogP contribution is -2.58. The molecule has 2 nitrogen and oxygen atoms in total. The lowest BCUT2D eigenvalue weighted by Gasteiger charge is -2.65. The zero-order chi connectivity index (χ0) is 17.0. The van der Waals surface area contributed by atoms with E-state index in [1.807, 2.05) is 0 Å². The molecule has 0 saturated heterocycles. The zero-order valence-electron chi connectivity index (χ0n) is 16.0. The lowest BCUT2D eigenvalue weighted by molar-refractivity contribution is -0.181. The Morgan fingerprint density at radius 3 is 2.50 bits per heavy atom. The molecule has 0 heterocycles. The Morgan fingerprint density at radius 1 is 1.04 bits per heavy atom. The summed E-state index contributed by atoms with van der Waals surface area (Å²) < 4.78 is 5.56. The zero-order valence-corrected chi connectivity index (χ0v) is 16.0. The summed E-state index contributed by atoms with van der Waals surface area (Å²) in [5.74, 6) is 3.70. The lowest BCUT2D eigenvalue weighted by atomic mass is 9.39. The number of hydrogen-bond donors (Lipinski definition) is 0. The van der Waals surface area contributed by atoms with Crippen LogP contribution in [0.1, 0.15) is 79.1 Å². The van der Waals surface area contributed by atoms with Crippen molar-refractivity contribution in [3.8, 4) is 0 Å². The first kappa shape index (κ1) is 15.7. The minimum Gasteiger partial charge on any atom is -0.465 e. The van der Waals surface area contributed by atoms with Gasteiger partial charge < -0.3 is 4.74 Å². The fraction of sp³-hybridized carbons (Fsp3) is 0.955. The van der Waals surface area contributed by atoms with Crippen LogP contribution in [-0.2, 0) is 9.53 Å². The number of esters is 1. The highest BCUT2D eigenvalue weighted by Gasteiger charge is 2.78. The Labute approximate surface area is 147 Å². The third-order valence-corrected chi connectivity index (χ3v) is 10.1. The second-order valence-electron chi connectivity index (χ2n) is 11.1. The van der Waals surface area contributed by atoms with Crippen molar-refractivity contribution in [3.05, 3.63) is 0 Å². The van der Waals surface area contributed by atoms with Crippen LogP contribution in [0, 0.1) is 45.3 Å². The fourth-order valence-electron chi connectivity index (χ4n) is 9.19. The smallest absolute Gasteiger partial charge is 0.302 e. The Balaban J connectivity index is 1.46. The molecular weight excluding hydrogens is 296 g/mol. The molecule has 1 spiro atoms. The molecule has 8 atom stereocenters. The minimum atomic E-state index is -0.107. The molecule has 4 bridgehead atoms. The Kier molecular flexibility index (Phi) is 2.88. The largest absolute Gasteiger partial charge is 0.465 e. The van der Waals surface area contributed by atoms with Crippen LogP contribution in [0.4, 0.5) is 0 Å². The van der Waals surface area contributed by atoms with Gasteiger partial charge in [0.1, 0.15) is 0 Å². The molecule has 0 aromatic rings. The first-order valence-electron chi connectivity index (χ1n) is 10.4. The number of carbonyl (C=O) groups is 1. The number of rotatable bonds is 2. The Bertz CT molecular complexity index is 599. The predicted octanol–water partition coefficient (Wildman–Crippen LogP) is 5.21. The summed E-state index contributed by atoms with van der Waals surface area (Å²) >= 11 is 0. The molecule has 0 aromatic heterocycles. The van der Waals surface area contributed by atoms with E-state index in [0.29, 0.717) is 17.4 Å². The number of ether oxygens (including phenoxy) is 1. The van der Waals surface area contributed by atoms with Crippen LogP contribution >= 0.6 is 0 Å². The molecule has 0 unspecified atom stereocenters. The molecule has 0 N–H and O–H groups in total. The van der Waals surface area contributed by atoms with Gasteiger partial charge in [-0.15, -0.1) is 0 Å². The molecule has 2 heteroatoms. The van der Waals surface area contributed by atoms with Crippen LogP contribution < -0.4 is 0 Å². The highest BCUT2D eigenvalue weighted by atomic mass is 16.5. The topological polar surface area (TPSA) is 26.3 Å². The Hall–Kier alpha value is -0.530. The van der Waals surface area contributed by atoms with Crippen molar-refractivity contribution < 1.29 is 9.53 Å². The second-order valence-corrected chi connectivity index (χ2v) is 11.1. The van der Waals surface area contributed by atoms with Crippen LogP contribution in [-0.4, -0.2) is 12.6 Å². The number of hydrogen-bond acceptors (Lipinski definition) is 2. The monoisotopic (exact) mass is 330 g/mol. The summed E-state index contributed by atoms with van der Waals surface area (Å²) in [7, 11) is 0. The van der Waals surface area contributed by atoms with Gasteiger partial charge in [-0.2, -0.15) is 0 Å². The minimum absolute atomic E-state index is 0.107. The quantitative estimate of drug-likeness (QED) is 0.650. The highest BCUT2D eigenvalue weighted by Crippen LogP contribution is 2.85. The van der Waals surface area contributed by atoms with Crippen molar-refractivity contribution >= 4 is 5.97 Å². The highest BCUT2D eigenvalue weighted by molar-refractivity contribution is 5.65. The van der Waals surface area contributed by atoms with Gasteiger partial charge in [0.15, 0.2) is 0 Å². The van der Waals surface area contributed by atoms with E-state index >= 15 is 0 Å². The van der Waals surface area contributed by atoms with E-state index in [0.717, 1.165) is 29.1 Å². The van der Waals surface area contributed by atoms with Gasteiger partial charge in [-0.25, -0.2) is 0 Å². The van der Waals surface area contributed by atoms with Gasteiger partial charge >= 0.3 is 5.97 Å². The third kappa shape index (κ3) is 1.71. The van der Waals surface area contributed by atoms with E-state index < -0.39 is 0 Å². The average Bonchev–Trinajstić information content (AvgIpc) is 2.96. The van der Waals surface area contributed by atoms with Crippen LogP contribution in [0.5, 0.6) is 0 Å². The molecule has 0 amide bonds. The summed E-state index contributed by atoms with van der Waals surface area (Å²) in [5, 5.41) is 0. The summed E-state index contributed by atoms with van der Waals surface area (Å²) in [6, 6.07) is 0. The molecule has 24 heavy (non-hydrogen) atoms. The first-order chi connectivity index (χ1) is 11.2. The van der Waals surface area contributed by atoms with Gasteiger partial charge in [0, 0.05) is 12.3 Å². The van der Waals surface area contributed by atoms with Gasteiger partial charge in [0.05, 0.1) is 6.61 Å². The van der Waals surface area contributed by atoms with Crippen molar-refractivity contribution in [3.63, 3.8) is 0 Å². The van der Waals surface area contributed by atoms with Gasteiger partial charge in [-0.3, -0.25) is 4.79 Å². The van der Waals surface area contributed by atoms with Crippen LogP contribution in [0.25, 0.3) is 0 Å². The van der Waals surface area contributed by atoms with Crippen LogP contribution in [0.15, 0.2) is 0 Å². The molecule has 6 fully saturated rings. The normalized spacial score (nSPS) is 60.2. The van der Waals surface area contributed by atoms with E-state index in [1.54, 1.807) is 13.3 Å². The van der Waals surface area contributed by atoms with E-state index in [1.165, 1.54) is 44.9 Å². The van der Waals surface area contributed by atoms with Crippen molar-refractivity contribution in [1.82, 2.24) is 0 Å². The van der Waals surface area contributed by atoms with E-state index in [9.17, 15) is 4.79 Å². The SMILES string of the molecule is CC(=O)OC[C@]1(C)CCC[C@]2(C)[C@@H]1CC[C@@]13C[C@H]4[C@@H](C[C@H]12)[C@@]4(C)C3. The Morgan fingerprint density at radius 2 is 1.83 bits per heavy atom. The maximum atomic E-state index is 11.4. The molecule has 6 rings (SSSR count). The maximum Gasteiger partial charge on any atom is 0.302 e. The average molecular weight is 331 g/mol. The molecule has 134 valence electrons. The van der Waals surface area contributed by atoms with E-state index in [4.69, 9.17) is 4.74 Å². The van der Waals surface area contributed by atoms with Crippen LogP contribution in [0.3, 0.4) is 0 Å². The fourth-order valence-corrected chi connectivity index (χ4v) is 9.19. The van der Waals surface area contributed by atoms with E-state index in [2.05, 4.69) is 20.8 Å². The van der Waals surface area contributed by atoms with Gasteiger partial charge in [0.25, 0.3) is 0 Å². The van der Waals surface area contributed by atoms with E-state index in [-0.39, 0.29) is 11.4 Å². The molecular formula is C22H34O2. The standard InChI is InChI=1S/C22H34O2/c1-14(23)24-13-19(2)7-5-8-20(3)17(19)6-9-22-11-16-15(10-18(20)22)21(16,4)12-22/h15-18H,5-13H2,1-4H3/t15-,16+,17-,18+,19+,20-,21-,22+/m1/s1. The van der Waals surface area contributed by atoms with Crippen molar-refractivity contribution in [1.29, 1.82) is 0 Å². The number of fused-ring (bicyclic) bond motifs is 1. The molecule has 0 aromatic carbocycles. The van der Waals surface area contributed by atoms with Gasteiger partial charge in [-0.05, 0) is 84.9 Å².